The van der Waals surface area contributed by atoms with Crippen LogP contribution in [0.2, 0.25) is 0 Å². The number of quaternary nitrogens is 1. The zero-order chi connectivity index (χ0) is 33.1. The van der Waals surface area contributed by atoms with E-state index in [1.165, 1.54) is 89.9 Å². The van der Waals surface area contributed by atoms with Gasteiger partial charge in [-0.3, -0.25) is 4.48 Å². The van der Waals surface area contributed by atoms with Crippen LogP contribution in [0, 0.1) is 0 Å². The summed E-state index contributed by atoms with van der Waals surface area (Å²) < 4.78 is -0.369. The summed E-state index contributed by atoms with van der Waals surface area (Å²) in [5.41, 5.74) is 0. The van der Waals surface area contributed by atoms with Gasteiger partial charge in [-0.1, -0.05) is 123 Å². The first kappa shape index (κ1) is 42.1. The van der Waals surface area contributed by atoms with Crippen molar-refractivity contribution < 1.29 is 34.2 Å². The second kappa shape index (κ2) is 27.4. The third-order valence-electron chi connectivity index (χ3n) is 9.34. The van der Waals surface area contributed by atoms with E-state index in [0.717, 1.165) is 19.3 Å². The van der Waals surface area contributed by atoms with E-state index < -0.39 is 36.0 Å². The summed E-state index contributed by atoms with van der Waals surface area (Å²) in [5.74, 6) is -3.24. The maximum Gasteiger partial charge on any atom is 0.362 e. The van der Waals surface area contributed by atoms with Crippen molar-refractivity contribution in [2.45, 2.75) is 200 Å². The lowest BCUT2D eigenvalue weighted by Crippen LogP contribution is -2.72. The molecule has 0 aromatic carbocycles. The van der Waals surface area contributed by atoms with Gasteiger partial charge in [0.1, 0.15) is 0 Å². The number of nitrogens with zero attached hydrogens (tertiary/aromatic N) is 1. The van der Waals surface area contributed by atoms with Crippen LogP contribution in [0.1, 0.15) is 182 Å². The van der Waals surface area contributed by atoms with Crippen LogP contribution in [0.3, 0.4) is 0 Å². The highest BCUT2D eigenvalue weighted by Gasteiger charge is 2.56. The van der Waals surface area contributed by atoms with Gasteiger partial charge in [0.15, 0.2) is 18.1 Å². The average molecular weight is 625 g/mol. The molecule has 3 atom stereocenters. The molecular formula is C37H70NO6+. The van der Waals surface area contributed by atoms with Gasteiger partial charge in [0.05, 0.1) is 6.54 Å². The van der Waals surface area contributed by atoms with Gasteiger partial charge >= 0.3 is 17.9 Å². The molecule has 0 saturated carbocycles. The summed E-state index contributed by atoms with van der Waals surface area (Å²) >= 11 is 0. The van der Waals surface area contributed by atoms with E-state index in [0.29, 0.717) is 25.7 Å². The van der Waals surface area contributed by atoms with Crippen molar-refractivity contribution in [3.8, 4) is 0 Å². The first-order valence-corrected chi connectivity index (χ1v) is 18.4. The standard InChI is InChI=1S/C37H69NO6/c1-5-9-10-11-12-13-14-15-16-17-18-19-20-21-22-23-24-25-26-27-31-38(32(28-6-2)35(39)40,33(29-7-3)36(41)42)34(30-8-4)37(43)44/h11-12,32-34H,5-10,13-31H2,1-4H3,(H2-,39,40,41,42,43,44)/p+1/b12-11+. The molecule has 0 rings (SSSR count). The molecule has 0 spiro atoms. The van der Waals surface area contributed by atoms with Crippen molar-refractivity contribution in [2.24, 2.45) is 0 Å². The predicted octanol–water partition coefficient (Wildman–Crippen LogP) is 10.2. The van der Waals surface area contributed by atoms with Crippen molar-refractivity contribution in [3.05, 3.63) is 12.2 Å². The first-order chi connectivity index (χ1) is 21.2. The molecule has 3 N–H and O–H groups in total. The molecule has 0 aromatic rings. The van der Waals surface area contributed by atoms with Crippen molar-refractivity contribution in [1.29, 1.82) is 0 Å². The molecule has 7 heteroatoms. The van der Waals surface area contributed by atoms with E-state index in [2.05, 4.69) is 19.1 Å². The molecule has 3 unspecified atom stereocenters. The van der Waals surface area contributed by atoms with Crippen molar-refractivity contribution in [2.75, 3.05) is 6.54 Å². The lowest BCUT2D eigenvalue weighted by Gasteiger charge is -2.50. The highest BCUT2D eigenvalue weighted by atomic mass is 16.4. The molecule has 0 bridgehead atoms. The Kier molecular flexibility index (Phi) is 26.2. The smallest absolute Gasteiger partial charge is 0.362 e. The van der Waals surface area contributed by atoms with Crippen LogP contribution in [0.25, 0.3) is 0 Å². The molecule has 0 aliphatic heterocycles. The molecule has 0 saturated heterocycles. The number of carboxylic acids is 3. The summed E-state index contributed by atoms with van der Waals surface area (Å²) in [7, 11) is 0. The van der Waals surface area contributed by atoms with E-state index in [1.54, 1.807) is 0 Å². The molecule has 0 radical (unpaired) electrons. The molecular weight excluding hydrogens is 554 g/mol. The second-order valence-corrected chi connectivity index (χ2v) is 13.0. The number of unbranched alkanes of at least 4 members (excludes halogenated alkanes) is 16. The highest BCUT2D eigenvalue weighted by molar-refractivity contribution is 5.78. The fourth-order valence-electron chi connectivity index (χ4n) is 6.97. The van der Waals surface area contributed by atoms with Gasteiger partial charge in [0, 0.05) is 19.3 Å². The van der Waals surface area contributed by atoms with Crippen LogP contribution in [-0.2, 0) is 14.4 Å². The highest BCUT2D eigenvalue weighted by Crippen LogP contribution is 2.34. The first-order valence-electron chi connectivity index (χ1n) is 18.4. The minimum absolute atomic E-state index is 0.271. The maximum absolute atomic E-state index is 12.6. The fraction of sp³-hybridized carbons (Fsp3) is 0.865. The zero-order valence-electron chi connectivity index (χ0n) is 29.1. The Balaban J connectivity index is 4.72. The van der Waals surface area contributed by atoms with E-state index in [9.17, 15) is 29.7 Å². The fourth-order valence-corrected chi connectivity index (χ4v) is 6.97. The van der Waals surface area contributed by atoms with Gasteiger partial charge in [-0.05, 0) is 51.4 Å². The number of aliphatic carboxylic acids is 3. The van der Waals surface area contributed by atoms with Crippen LogP contribution in [0.5, 0.6) is 0 Å². The molecule has 0 heterocycles. The van der Waals surface area contributed by atoms with Crippen molar-refractivity contribution in [1.82, 2.24) is 0 Å². The number of carbonyl (C=O) groups is 3. The average Bonchev–Trinajstić information content (AvgIpc) is 2.98. The second-order valence-electron chi connectivity index (χ2n) is 13.0. The Morgan fingerprint density at radius 3 is 1.05 bits per heavy atom. The minimum Gasteiger partial charge on any atom is -0.477 e. The number of rotatable bonds is 32. The molecule has 0 aliphatic rings. The van der Waals surface area contributed by atoms with Crippen LogP contribution in [0.15, 0.2) is 12.2 Å². The Hall–Kier alpha value is -1.89. The van der Waals surface area contributed by atoms with Crippen molar-refractivity contribution in [3.63, 3.8) is 0 Å². The SMILES string of the molecule is CCCC/C=C/CCCCCCCCCCCCCCCC[N+](C(CCC)C(=O)O)(C(CCC)C(=O)O)C(CCC)C(=O)O. The zero-order valence-corrected chi connectivity index (χ0v) is 29.1. The van der Waals surface area contributed by atoms with Crippen molar-refractivity contribution >= 4 is 17.9 Å². The minimum atomic E-state index is -1.08. The van der Waals surface area contributed by atoms with E-state index >= 15 is 0 Å². The Morgan fingerprint density at radius 1 is 0.455 bits per heavy atom. The van der Waals surface area contributed by atoms with Gasteiger partial charge in [-0.15, -0.1) is 0 Å². The summed E-state index contributed by atoms with van der Waals surface area (Å²) in [5, 5.41) is 30.9. The normalized spacial score (nSPS) is 15.2. The van der Waals surface area contributed by atoms with E-state index in [1.807, 2.05) is 20.8 Å². The predicted molar refractivity (Wildman–Crippen MR) is 182 cm³/mol. The molecule has 0 aromatic heterocycles. The largest absolute Gasteiger partial charge is 0.477 e. The van der Waals surface area contributed by atoms with E-state index in [4.69, 9.17) is 0 Å². The van der Waals surface area contributed by atoms with Crippen LogP contribution < -0.4 is 0 Å². The number of hydrogen-bond donors (Lipinski definition) is 3. The molecule has 258 valence electrons. The summed E-state index contributed by atoms with van der Waals surface area (Å²) in [4.78, 5) is 37.8. The molecule has 7 nitrogen and oxygen atoms in total. The molecule has 0 fully saturated rings. The Labute approximate surface area is 270 Å². The summed E-state index contributed by atoms with van der Waals surface area (Å²) in [6.07, 6.45) is 28.9. The molecule has 0 aliphatic carbocycles. The molecule has 0 amide bonds. The van der Waals surface area contributed by atoms with Gasteiger partial charge in [-0.2, -0.15) is 0 Å². The Morgan fingerprint density at radius 2 is 0.750 bits per heavy atom. The van der Waals surface area contributed by atoms with E-state index in [-0.39, 0.29) is 30.3 Å². The van der Waals surface area contributed by atoms with Crippen LogP contribution in [-0.4, -0.2) is 62.4 Å². The Bertz CT molecular complexity index is 707. The number of carboxylic acid groups (broad SMARTS) is 3. The summed E-state index contributed by atoms with van der Waals surface area (Å²) in [6, 6.07) is -3.13. The van der Waals surface area contributed by atoms with Gasteiger partial charge < -0.3 is 15.3 Å². The number of hydrogen-bond acceptors (Lipinski definition) is 3. The van der Waals surface area contributed by atoms with Gasteiger partial charge in [0.2, 0.25) is 0 Å². The van der Waals surface area contributed by atoms with Crippen LogP contribution in [0.4, 0.5) is 0 Å². The van der Waals surface area contributed by atoms with Gasteiger partial charge in [0.25, 0.3) is 0 Å². The maximum atomic E-state index is 12.6. The van der Waals surface area contributed by atoms with Gasteiger partial charge in [-0.25, -0.2) is 14.4 Å². The lowest BCUT2D eigenvalue weighted by molar-refractivity contribution is -0.973. The van der Waals surface area contributed by atoms with Crippen LogP contribution >= 0.6 is 0 Å². The topological polar surface area (TPSA) is 112 Å². The molecule has 44 heavy (non-hydrogen) atoms. The lowest BCUT2D eigenvalue weighted by atomic mass is 9.91. The summed E-state index contributed by atoms with van der Waals surface area (Å²) in [6.45, 7) is 8.16. The monoisotopic (exact) mass is 625 g/mol. The number of allylic oxidation sites excluding steroid dienone is 2. The third kappa shape index (κ3) is 17.0. The third-order valence-corrected chi connectivity index (χ3v) is 9.34. The quantitative estimate of drug-likeness (QED) is 0.0390.